The van der Waals surface area contributed by atoms with E-state index in [0.717, 1.165) is 10.9 Å². The molecular weight excluding hydrogens is 496 g/mol. The lowest BCUT2D eigenvalue weighted by atomic mass is 9.97. The fourth-order valence-electron chi connectivity index (χ4n) is 4.55. The van der Waals surface area contributed by atoms with Crippen molar-refractivity contribution in [2.24, 2.45) is 0 Å². The number of aliphatic carboxylic acids is 1. The highest BCUT2D eigenvalue weighted by Crippen LogP contribution is 2.36. The molecule has 10 heteroatoms. The summed E-state index contributed by atoms with van der Waals surface area (Å²) >= 11 is 0. The summed E-state index contributed by atoms with van der Waals surface area (Å²) in [6.07, 6.45) is 7.44. The number of hydrogen-bond donors (Lipinski definition) is 1. The number of benzene rings is 2. The normalized spacial score (nSPS) is 16.1. The predicted molar refractivity (Wildman–Crippen MR) is 137 cm³/mol. The quantitative estimate of drug-likeness (QED) is 0.337. The Labute approximate surface area is 215 Å². The van der Waals surface area contributed by atoms with E-state index in [0.29, 0.717) is 24.2 Å². The third kappa shape index (κ3) is 5.63. The Morgan fingerprint density at radius 2 is 1.92 bits per heavy atom. The molecule has 1 aliphatic rings. The van der Waals surface area contributed by atoms with Crippen molar-refractivity contribution in [2.75, 3.05) is 19.7 Å². The van der Waals surface area contributed by atoms with E-state index in [9.17, 15) is 23.1 Å². The second-order valence-electron chi connectivity index (χ2n) is 9.10. The lowest BCUT2D eigenvalue weighted by molar-refractivity contribution is -0.137. The van der Waals surface area contributed by atoms with Crippen LogP contribution in [0.1, 0.15) is 42.1 Å². The van der Waals surface area contributed by atoms with Gasteiger partial charge in [0.1, 0.15) is 12.3 Å². The first-order chi connectivity index (χ1) is 17.6. The van der Waals surface area contributed by atoms with Crippen LogP contribution in [-0.2, 0) is 26.1 Å². The lowest BCUT2D eigenvalue weighted by Crippen LogP contribution is -2.28. The molecule has 194 valence electrons. The molecule has 4 rings (SSSR count). The Kier molecular flexibility index (Phi) is 7.57. The molecule has 0 spiro atoms. The van der Waals surface area contributed by atoms with E-state index in [1.807, 2.05) is 13.8 Å². The number of rotatable bonds is 9. The molecule has 9 nitrogen and oxygen atoms in total. The van der Waals surface area contributed by atoms with Crippen molar-refractivity contribution in [2.45, 2.75) is 43.7 Å². The Balaban J connectivity index is 1.61. The standard InChI is InChI=1S/C27H28N2O7S/c1-4-13-35-27(32)19-5-10-23-24(16-28(17-26(30)31)25(23)14-19)20-11-12-29(15-20)37(33,34)22-8-6-21(7-9-22)36-18(2)3/h1,5-10,14,16,18,20H,11-13,15,17H2,2-3H3,(H,30,31). The second kappa shape index (κ2) is 10.7. The molecule has 0 aliphatic carbocycles. The molecule has 0 saturated carbocycles. The van der Waals surface area contributed by atoms with Gasteiger partial charge in [-0.2, -0.15) is 4.31 Å². The van der Waals surface area contributed by atoms with Gasteiger partial charge in [0.05, 0.1) is 16.6 Å². The van der Waals surface area contributed by atoms with Gasteiger partial charge in [-0.05, 0) is 62.2 Å². The van der Waals surface area contributed by atoms with Gasteiger partial charge < -0.3 is 19.1 Å². The number of sulfonamides is 1. The van der Waals surface area contributed by atoms with Crippen molar-refractivity contribution in [1.82, 2.24) is 8.87 Å². The van der Waals surface area contributed by atoms with Crippen LogP contribution >= 0.6 is 0 Å². The SMILES string of the molecule is C#CCOC(=O)c1ccc2c(C3CCN(S(=O)(=O)c4ccc(OC(C)C)cc4)C3)cn(CC(=O)O)c2c1. The molecule has 1 N–H and O–H groups in total. The van der Waals surface area contributed by atoms with Crippen LogP contribution < -0.4 is 4.74 Å². The van der Waals surface area contributed by atoms with Gasteiger partial charge >= 0.3 is 11.9 Å². The van der Waals surface area contributed by atoms with Gasteiger partial charge in [0.15, 0.2) is 6.61 Å². The van der Waals surface area contributed by atoms with Gasteiger partial charge in [-0.3, -0.25) is 4.79 Å². The van der Waals surface area contributed by atoms with Crippen LogP contribution in [0.3, 0.4) is 0 Å². The molecule has 0 bridgehead atoms. The molecule has 0 radical (unpaired) electrons. The molecule has 1 aliphatic heterocycles. The summed E-state index contributed by atoms with van der Waals surface area (Å²) < 4.78 is 40.2. The van der Waals surface area contributed by atoms with Crippen LogP contribution in [0.5, 0.6) is 5.75 Å². The topological polar surface area (TPSA) is 115 Å². The number of ether oxygens (including phenoxy) is 2. The van der Waals surface area contributed by atoms with Crippen LogP contribution in [0, 0.1) is 12.3 Å². The molecule has 1 atom stereocenters. The van der Waals surface area contributed by atoms with Gasteiger partial charge in [-0.15, -0.1) is 6.42 Å². The zero-order valence-corrected chi connectivity index (χ0v) is 21.4. The third-order valence-electron chi connectivity index (χ3n) is 6.17. The van der Waals surface area contributed by atoms with E-state index in [2.05, 4.69) is 5.92 Å². The minimum Gasteiger partial charge on any atom is -0.491 e. The van der Waals surface area contributed by atoms with Crippen molar-refractivity contribution in [3.05, 3.63) is 59.8 Å². The smallest absolute Gasteiger partial charge is 0.339 e. The number of carbonyl (C=O) groups excluding carboxylic acids is 1. The first-order valence-corrected chi connectivity index (χ1v) is 13.3. The summed E-state index contributed by atoms with van der Waals surface area (Å²) in [4.78, 5) is 24.0. The van der Waals surface area contributed by atoms with E-state index in [-0.39, 0.29) is 42.2 Å². The molecule has 1 saturated heterocycles. The summed E-state index contributed by atoms with van der Waals surface area (Å²) in [7, 11) is -3.72. The number of nitrogens with zero attached hydrogens (tertiary/aromatic N) is 2. The molecular formula is C27H28N2O7S. The van der Waals surface area contributed by atoms with Crippen molar-refractivity contribution in [1.29, 1.82) is 0 Å². The Morgan fingerprint density at radius 3 is 2.57 bits per heavy atom. The number of aromatic nitrogens is 1. The maximum Gasteiger partial charge on any atom is 0.339 e. The zero-order chi connectivity index (χ0) is 26.7. The number of carboxylic acid groups (broad SMARTS) is 1. The molecule has 37 heavy (non-hydrogen) atoms. The summed E-state index contributed by atoms with van der Waals surface area (Å²) in [5.74, 6) is 1.05. The monoisotopic (exact) mass is 524 g/mol. The third-order valence-corrected chi connectivity index (χ3v) is 8.04. The van der Waals surface area contributed by atoms with Crippen molar-refractivity contribution in [3.8, 4) is 18.1 Å². The highest BCUT2D eigenvalue weighted by molar-refractivity contribution is 7.89. The molecule has 2 heterocycles. The van der Waals surface area contributed by atoms with Crippen LogP contribution in [-0.4, -0.2) is 60.1 Å². The molecule has 1 fully saturated rings. The number of hydrogen-bond acceptors (Lipinski definition) is 6. The second-order valence-corrected chi connectivity index (χ2v) is 11.0. The zero-order valence-electron chi connectivity index (χ0n) is 20.6. The first-order valence-electron chi connectivity index (χ1n) is 11.8. The Hall–Kier alpha value is -3.81. The average molecular weight is 525 g/mol. The fraction of sp³-hybridized carbons (Fsp3) is 0.333. The van der Waals surface area contributed by atoms with E-state index >= 15 is 0 Å². The van der Waals surface area contributed by atoms with Gasteiger partial charge in [0.2, 0.25) is 10.0 Å². The maximum atomic E-state index is 13.3. The predicted octanol–water partition coefficient (Wildman–Crippen LogP) is 3.48. The van der Waals surface area contributed by atoms with Crippen LogP contribution in [0.25, 0.3) is 10.9 Å². The first kappa shape index (κ1) is 26.3. The van der Waals surface area contributed by atoms with Crippen LogP contribution in [0.2, 0.25) is 0 Å². The van der Waals surface area contributed by atoms with Gasteiger partial charge in [0, 0.05) is 36.1 Å². The summed E-state index contributed by atoms with van der Waals surface area (Å²) in [6, 6.07) is 11.3. The molecule has 3 aromatic rings. The largest absolute Gasteiger partial charge is 0.491 e. The molecule has 1 aromatic heterocycles. The highest BCUT2D eigenvalue weighted by atomic mass is 32.2. The van der Waals surface area contributed by atoms with Crippen LogP contribution in [0.15, 0.2) is 53.6 Å². The molecule has 1 unspecified atom stereocenters. The van der Waals surface area contributed by atoms with E-state index in [1.54, 1.807) is 53.2 Å². The van der Waals surface area contributed by atoms with Crippen molar-refractivity contribution >= 4 is 32.9 Å². The number of fused-ring (bicyclic) bond motifs is 1. The lowest BCUT2D eigenvalue weighted by Gasteiger charge is -2.17. The summed E-state index contributed by atoms with van der Waals surface area (Å²) in [5, 5.41) is 10.2. The average Bonchev–Trinajstić information content (AvgIpc) is 3.48. The van der Waals surface area contributed by atoms with Gasteiger partial charge in [-0.1, -0.05) is 12.0 Å². The Bertz CT molecular complexity index is 1470. The number of carboxylic acids is 1. The number of esters is 1. The van der Waals surface area contributed by atoms with Gasteiger partial charge in [0.25, 0.3) is 0 Å². The minimum absolute atomic E-state index is 0.0188. The maximum absolute atomic E-state index is 13.3. The van der Waals surface area contributed by atoms with Crippen molar-refractivity contribution in [3.63, 3.8) is 0 Å². The van der Waals surface area contributed by atoms with Gasteiger partial charge in [-0.25, -0.2) is 13.2 Å². The highest BCUT2D eigenvalue weighted by Gasteiger charge is 2.34. The number of terminal acetylenes is 1. The minimum atomic E-state index is -3.72. The fourth-order valence-corrected chi connectivity index (χ4v) is 6.05. The number of carbonyl (C=O) groups is 2. The molecule has 0 amide bonds. The van der Waals surface area contributed by atoms with E-state index in [1.165, 1.54) is 4.31 Å². The Morgan fingerprint density at radius 1 is 1.19 bits per heavy atom. The van der Waals surface area contributed by atoms with Crippen LogP contribution in [0.4, 0.5) is 0 Å². The molecule has 2 aromatic carbocycles. The van der Waals surface area contributed by atoms with E-state index in [4.69, 9.17) is 15.9 Å². The van der Waals surface area contributed by atoms with E-state index < -0.39 is 22.0 Å². The van der Waals surface area contributed by atoms with Crippen molar-refractivity contribution < 1.29 is 32.6 Å². The summed E-state index contributed by atoms with van der Waals surface area (Å²) in [5.41, 5.74) is 1.63. The summed E-state index contributed by atoms with van der Waals surface area (Å²) in [6.45, 7) is 3.91.